The Kier molecular flexibility index (Phi) is 3.99. The summed E-state index contributed by atoms with van der Waals surface area (Å²) in [5.74, 6) is 0. The summed E-state index contributed by atoms with van der Waals surface area (Å²) in [6, 6.07) is 0. The summed E-state index contributed by atoms with van der Waals surface area (Å²) in [7, 11) is 1.83. The van der Waals surface area contributed by atoms with Crippen LogP contribution in [-0.2, 0) is 4.74 Å². The largest absolute Gasteiger partial charge is 0.380 e. The molecule has 1 aliphatic rings. The third-order valence-electron chi connectivity index (χ3n) is 2.17. The number of methoxy groups -OCH3 is 1. The monoisotopic (exact) mass is 254 g/mol. The fourth-order valence-electron chi connectivity index (χ4n) is 1.49. The van der Waals surface area contributed by atoms with Crippen LogP contribution in [0, 0.1) is 0 Å². The zero-order valence-corrected chi connectivity index (χ0v) is 8.63. The first-order chi connectivity index (χ1) is 4.84. The van der Waals surface area contributed by atoms with Crippen LogP contribution in [0.5, 0.6) is 0 Å². The number of hydrogen-bond acceptors (Lipinski definition) is 1. The molecule has 0 aromatic carbocycles. The van der Waals surface area contributed by atoms with Crippen LogP contribution in [0.25, 0.3) is 0 Å². The fraction of sp³-hybridized carbons (Fsp3) is 1.00. The van der Waals surface area contributed by atoms with Crippen LogP contribution in [0.15, 0.2) is 0 Å². The predicted octanol–water partition coefficient (Wildman–Crippen LogP) is 2.77. The Morgan fingerprint density at radius 2 is 1.90 bits per heavy atom. The van der Waals surface area contributed by atoms with E-state index in [1.165, 1.54) is 32.1 Å². The maximum atomic E-state index is 5.38. The molecule has 0 N–H and O–H groups in total. The molecule has 0 aliphatic heterocycles. The van der Waals surface area contributed by atoms with E-state index in [-0.39, 0.29) is 0 Å². The average molecular weight is 254 g/mol. The minimum Gasteiger partial charge on any atom is -0.380 e. The van der Waals surface area contributed by atoms with Gasteiger partial charge in [-0.1, -0.05) is 41.9 Å². The zero-order valence-electron chi connectivity index (χ0n) is 6.48. The first-order valence-electron chi connectivity index (χ1n) is 4.01. The molecular formula is C8H15IO. The van der Waals surface area contributed by atoms with E-state index in [4.69, 9.17) is 4.74 Å². The van der Waals surface area contributed by atoms with Crippen LogP contribution >= 0.6 is 22.6 Å². The van der Waals surface area contributed by atoms with Crippen molar-refractivity contribution in [3.8, 4) is 0 Å². The molecule has 0 aromatic rings. The molecule has 1 nitrogen and oxygen atoms in total. The lowest BCUT2D eigenvalue weighted by molar-refractivity contribution is 0.0983. The molecule has 1 rings (SSSR count). The Morgan fingerprint density at radius 1 is 1.20 bits per heavy atom. The van der Waals surface area contributed by atoms with E-state index in [1.54, 1.807) is 0 Å². The maximum Gasteiger partial charge on any atom is 0.0688 e. The van der Waals surface area contributed by atoms with Crippen LogP contribution in [-0.4, -0.2) is 17.1 Å². The van der Waals surface area contributed by atoms with Crippen molar-refractivity contribution in [2.45, 2.75) is 42.1 Å². The van der Waals surface area contributed by atoms with Gasteiger partial charge in [-0.05, 0) is 12.8 Å². The number of rotatable bonds is 1. The van der Waals surface area contributed by atoms with Gasteiger partial charge in [-0.15, -0.1) is 0 Å². The number of ether oxygens (including phenoxy) is 1. The van der Waals surface area contributed by atoms with E-state index in [9.17, 15) is 0 Å². The fourth-order valence-corrected chi connectivity index (χ4v) is 2.59. The van der Waals surface area contributed by atoms with Crippen LogP contribution in [0.2, 0.25) is 0 Å². The molecule has 1 aliphatic carbocycles. The molecule has 1 fully saturated rings. The summed E-state index contributed by atoms with van der Waals surface area (Å²) in [5.41, 5.74) is 0. The van der Waals surface area contributed by atoms with Crippen molar-refractivity contribution in [3.05, 3.63) is 0 Å². The second-order valence-electron chi connectivity index (χ2n) is 2.93. The SMILES string of the molecule is COC1CCCCCC1I. The molecule has 0 aromatic heterocycles. The smallest absolute Gasteiger partial charge is 0.0688 e. The van der Waals surface area contributed by atoms with E-state index in [0.29, 0.717) is 6.10 Å². The summed E-state index contributed by atoms with van der Waals surface area (Å²) in [4.78, 5) is 0. The third kappa shape index (κ3) is 2.38. The molecule has 60 valence electrons. The van der Waals surface area contributed by atoms with Gasteiger partial charge in [-0.25, -0.2) is 0 Å². The van der Waals surface area contributed by atoms with Crippen molar-refractivity contribution in [1.29, 1.82) is 0 Å². The number of alkyl halides is 1. The molecule has 0 spiro atoms. The molecule has 2 atom stereocenters. The molecule has 10 heavy (non-hydrogen) atoms. The van der Waals surface area contributed by atoms with Gasteiger partial charge in [0.25, 0.3) is 0 Å². The van der Waals surface area contributed by atoms with Crippen molar-refractivity contribution in [1.82, 2.24) is 0 Å². The van der Waals surface area contributed by atoms with Gasteiger partial charge in [0, 0.05) is 11.0 Å². The normalized spacial score (nSPS) is 35.4. The van der Waals surface area contributed by atoms with Crippen molar-refractivity contribution in [2.24, 2.45) is 0 Å². The lowest BCUT2D eigenvalue weighted by Crippen LogP contribution is -2.20. The molecule has 0 heterocycles. The molecule has 0 saturated heterocycles. The molecule has 2 heteroatoms. The minimum absolute atomic E-state index is 0.531. The Labute approximate surface area is 76.7 Å². The molecule has 0 bridgehead atoms. The van der Waals surface area contributed by atoms with Crippen LogP contribution < -0.4 is 0 Å². The standard InChI is InChI=1S/C8H15IO/c1-10-8-6-4-2-3-5-7(8)9/h7-8H,2-6H2,1H3. The highest BCUT2D eigenvalue weighted by Gasteiger charge is 2.19. The highest BCUT2D eigenvalue weighted by molar-refractivity contribution is 14.1. The van der Waals surface area contributed by atoms with E-state index >= 15 is 0 Å². The highest BCUT2D eigenvalue weighted by atomic mass is 127. The summed E-state index contributed by atoms with van der Waals surface area (Å²) in [6.07, 6.45) is 7.30. The lowest BCUT2D eigenvalue weighted by Gasteiger charge is -2.17. The second-order valence-corrected chi connectivity index (χ2v) is 4.53. The van der Waals surface area contributed by atoms with Gasteiger partial charge in [0.15, 0.2) is 0 Å². The van der Waals surface area contributed by atoms with Crippen LogP contribution in [0.1, 0.15) is 32.1 Å². The van der Waals surface area contributed by atoms with Crippen LogP contribution in [0.4, 0.5) is 0 Å². The zero-order chi connectivity index (χ0) is 7.40. The van der Waals surface area contributed by atoms with Gasteiger partial charge in [-0.3, -0.25) is 0 Å². The Hall–Kier alpha value is 0.690. The van der Waals surface area contributed by atoms with Gasteiger partial charge >= 0.3 is 0 Å². The molecule has 1 saturated carbocycles. The summed E-state index contributed by atoms with van der Waals surface area (Å²) < 4.78 is 6.13. The van der Waals surface area contributed by atoms with Gasteiger partial charge in [0.05, 0.1) is 6.10 Å². The second kappa shape index (κ2) is 4.54. The Bertz CT molecular complexity index is 95.3. The van der Waals surface area contributed by atoms with Gasteiger partial charge in [0.2, 0.25) is 0 Å². The Balaban J connectivity index is 2.35. The average Bonchev–Trinajstić information content (AvgIpc) is 2.13. The molecular weight excluding hydrogens is 239 g/mol. The summed E-state index contributed by atoms with van der Waals surface area (Å²) >= 11 is 2.52. The minimum atomic E-state index is 0.531. The first-order valence-corrected chi connectivity index (χ1v) is 5.26. The molecule has 0 amide bonds. The van der Waals surface area contributed by atoms with Crippen molar-refractivity contribution >= 4 is 22.6 Å². The lowest BCUT2D eigenvalue weighted by atomic mass is 10.2. The van der Waals surface area contributed by atoms with Crippen LogP contribution in [0.3, 0.4) is 0 Å². The maximum absolute atomic E-state index is 5.38. The van der Waals surface area contributed by atoms with Gasteiger partial charge in [-0.2, -0.15) is 0 Å². The van der Waals surface area contributed by atoms with Gasteiger partial charge in [0.1, 0.15) is 0 Å². The van der Waals surface area contributed by atoms with E-state index < -0.39 is 0 Å². The summed E-state index contributed by atoms with van der Waals surface area (Å²) in [5, 5.41) is 0. The van der Waals surface area contributed by atoms with Crippen molar-refractivity contribution in [3.63, 3.8) is 0 Å². The summed E-state index contributed by atoms with van der Waals surface area (Å²) in [6.45, 7) is 0. The van der Waals surface area contributed by atoms with Crippen molar-refractivity contribution < 1.29 is 4.74 Å². The first kappa shape index (κ1) is 8.78. The van der Waals surface area contributed by atoms with Crippen molar-refractivity contribution in [2.75, 3.05) is 7.11 Å². The number of hydrogen-bond donors (Lipinski definition) is 0. The topological polar surface area (TPSA) is 9.23 Å². The third-order valence-corrected chi connectivity index (χ3v) is 3.60. The van der Waals surface area contributed by atoms with Gasteiger partial charge < -0.3 is 4.74 Å². The van der Waals surface area contributed by atoms with E-state index in [0.717, 1.165) is 3.92 Å². The predicted molar refractivity (Wildman–Crippen MR) is 51.7 cm³/mol. The van der Waals surface area contributed by atoms with E-state index in [2.05, 4.69) is 22.6 Å². The number of halogens is 1. The molecule has 2 unspecified atom stereocenters. The quantitative estimate of drug-likeness (QED) is 0.397. The Morgan fingerprint density at radius 3 is 2.60 bits per heavy atom. The highest BCUT2D eigenvalue weighted by Crippen LogP contribution is 2.25. The molecule has 0 radical (unpaired) electrons. The van der Waals surface area contributed by atoms with E-state index in [1.807, 2.05) is 7.11 Å².